The lowest BCUT2D eigenvalue weighted by atomic mass is 10.1. The number of hydrogen-bond acceptors (Lipinski definition) is 6. The Labute approximate surface area is 153 Å². The molecule has 3 amide bonds. The molecule has 8 heteroatoms. The number of amides is 3. The summed E-state index contributed by atoms with van der Waals surface area (Å²) >= 11 is 1.19. The number of thiophene rings is 1. The number of nitrogens with zero attached hydrogens (tertiary/aromatic N) is 1. The highest BCUT2D eigenvalue weighted by Gasteiger charge is 2.19. The Morgan fingerprint density at radius 2 is 1.92 bits per heavy atom. The van der Waals surface area contributed by atoms with Gasteiger partial charge in [0, 0.05) is 17.1 Å². The maximum Gasteiger partial charge on any atom is 0.414 e. The molecular weight excluding hydrogens is 354 g/mol. The number of imide groups is 1. The summed E-state index contributed by atoms with van der Waals surface area (Å²) in [6.07, 6.45) is 0.822. The second-order valence-electron chi connectivity index (χ2n) is 5.17. The summed E-state index contributed by atoms with van der Waals surface area (Å²) in [6.45, 7) is 1.79. The number of nitrogens with one attached hydrogen (secondary N) is 2. The summed E-state index contributed by atoms with van der Waals surface area (Å²) < 4.78 is 4.69. The van der Waals surface area contributed by atoms with E-state index >= 15 is 0 Å². The second kappa shape index (κ2) is 7.75. The second-order valence-corrected chi connectivity index (χ2v) is 6.08. The number of carbonyl (C=O) groups excluding carboxylic acids is 3. The van der Waals surface area contributed by atoms with E-state index in [0.717, 1.165) is 0 Å². The molecule has 0 saturated carbocycles. The van der Waals surface area contributed by atoms with E-state index in [-0.39, 0.29) is 18.1 Å². The number of pyridine rings is 1. The molecule has 26 heavy (non-hydrogen) atoms. The van der Waals surface area contributed by atoms with E-state index in [1.165, 1.54) is 17.4 Å². The first kappa shape index (κ1) is 17.6. The predicted molar refractivity (Wildman–Crippen MR) is 98.5 cm³/mol. The maximum atomic E-state index is 12.7. The Morgan fingerprint density at radius 3 is 2.73 bits per heavy atom. The summed E-state index contributed by atoms with van der Waals surface area (Å²) in [5.74, 6) is -1.00. The van der Waals surface area contributed by atoms with Crippen LogP contribution in [0, 0.1) is 0 Å². The van der Waals surface area contributed by atoms with Gasteiger partial charge in [0.2, 0.25) is 0 Å². The van der Waals surface area contributed by atoms with Crippen LogP contribution in [0.3, 0.4) is 0 Å². The molecule has 2 N–H and O–H groups in total. The van der Waals surface area contributed by atoms with Gasteiger partial charge in [0.15, 0.2) is 0 Å². The van der Waals surface area contributed by atoms with Gasteiger partial charge in [0.05, 0.1) is 17.7 Å². The first-order chi connectivity index (χ1) is 12.6. The Hall–Kier alpha value is -3.26. The molecule has 0 aliphatic rings. The molecule has 7 nitrogen and oxygen atoms in total. The van der Waals surface area contributed by atoms with Crippen molar-refractivity contribution in [1.82, 2.24) is 10.3 Å². The van der Waals surface area contributed by atoms with Crippen LogP contribution < -0.4 is 10.6 Å². The molecule has 0 radical (unpaired) electrons. The van der Waals surface area contributed by atoms with Crippen LogP contribution in [0.4, 0.5) is 9.80 Å². The monoisotopic (exact) mass is 369 g/mol. The Morgan fingerprint density at radius 1 is 1.08 bits per heavy atom. The molecular formula is C18H15N3O4S. The van der Waals surface area contributed by atoms with Crippen LogP contribution in [0.2, 0.25) is 0 Å². The number of alkyl carbamates (subject to hydrolysis) is 1. The molecule has 0 fully saturated rings. The van der Waals surface area contributed by atoms with Gasteiger partial charge in [0.25, 0.3) is 11.8 Å². The lowest BCUT2D eigenvalue weighted by molar-refractivity contribution is 0.0926. The minimum atomic E-state index is -0.832. The smallest absolute Gasteiger partial charge is 0.414 e. The lowest BCUT2D eigenvalue weighted by Gasteiger charge is -2.08. The van der Waals surface area contributed by atoms with E-state index in [1.54, 1.807) is 42.8 Å². The van der Waals surface area contributed by atoms with Gasteiger partial charge in [-0.25, -0.2) is 4.79 Å². The van der Waals surface area contributed by atoms with Crippen molar-refractivity contribution in [2.45, 2.75) is 6.92 Å². The minimum absolute atomic E-state index is 0.154. The number of rotatable bonds is 4. The van der Waals surface area contributed by atoms with Crippen molar-refractivity contribution in [1.29, 1.82) is 0 Å². The molecule has 2 aromatic heterocycles. The largest absolute Gasteiger partial charge is 0.450 e. The van der Waals surface area contributed by atoms with E-state index in [2.05, 4.69) is 20.4 Å². The van der Waals surface area contributed by atoms with Gasteiger partial charge < -0.3 is 10.1 Å². The average Bonchev–Trinajstić information content (AvgIpc) is 3.09. The standard InChI is InChI=1S/C18H15N3O4S/c1-2-25-18(24)21-16(23)13-8-10-26-17(13)20-15(22)12-5-3-7-14-11(12)6-4-9-19-14/h3-10H,2H2,1H3,(H,20,22)(H,21,23,24). The van der Waals surface area contributed by atoms with Crippen LogP contribution in [-0.2, 0) is 4.74 Å². The third-order valence-corrected chi connectivity index (χ3v) is 4.35. The minimum Gasteiger partial charge on any atom is -0.450 e. The highest BCUT2D eigenvalue weighted by Crippen LogP contribution is 2.25. The molecule has 2 heterocycles. The predicted octanol–water partition coefficient (Wildman–Crippen LogP) is 3.43. The van der Waals surface area contributed by atoms with Gasteiger partial charge in [0.1, 0.15) is 5.00 Å². The lowest BCUT2D eigenvalue weighted by Crippen LogP contribution is -2.31. The van der Waals surface area contributed by atoms with Crippen molar-refractivity contribution >= 4 is 45.1 Å². The Balaban J connectivity index is 1.81. The summed E-state index contributed by atoms with van der Waals surface area (Å²) in [6, 6.07) is 10.3. The molecule has 132 valence electrons. The molecule has 0 spiro atoms. The average molecular weight is 369 g/mol. The van der Waals surface area contributed by atoms with Crippen molar-refractivity contribution in [3.05, 3.63) is 59.1 Å². The number of aromatic nitrogens is 1. The van der Waals surface area contributed by atoms with E-state index in [1.807, 2.05) is 6.07 Å². The van der Waals surface area contributed by atoms with Crippen LogP contribution in [0.25, 0.3) is 10.9 Å². The maximum absolute atomic E-state index is 12.7. The molecule has 3 aromatic rings. The molecule has 0 unspecified atom stereocenters. The summed E-state index contributed by atoms with van der Waals surface area (Å²) in [5, 5.41) is 7.54. The third-order valence-electron chi connectivity index (χ3n) is 3.52. The number of carbonyl (C=O) groups is 3. The van der Waals surface area contributed by atoms with Crippen LogP contribution in [0.1, 0.15) is 27.6 Å². The van der Waals surface area contributed by atoms with E-state index < -0.39 is 12.0 Å². The van der Waals surface area contributed by atoms with Crippen LogP contribution in [-0.4, -0.2) is 29.5 Å². The van der Waals surface area contributed by atoms with Crippen molar-refractivity contribution < 1.29 is 19.1 Å². The summed E-state index contributed by atoms with van der Waals surface area (Å²) in [5.41, 5.74) is 1.34. The van der Waals surface area contributed by atoms with E-state index in [9.17, 15) is 14.4 Å². The number of fused-ring (bicyclic) bond motifs is 1. The number of ether oxygens (including phenoxy) is 1. The molecule has 0 atom stereocenters. The van der Waals surface area contributed by atoms with Gasteiger partial charge >= 0.3 is 6.09 Å². The molecule has 3 rings (SSSR count). The highest BCUT2D eigenvalue weighted by atomic mass is 32.1. The number of hydrogen-bond donors (Lipinski definition) is 2. The third kappa shape index (κ3) is 3.70. The zero-order chi connectivity index (χ0) is 18.5. The fraction of sp³-hybridized carbons (Fsp3) is 0.111. The topological polar surface area (TPSA) is 97.4 Å². The zero-order valence-corrected chi connectivity index (χ0v) is 14.6. The molecule has 0 saturated heterocycles. The van der Waals surface area contributed by atoms with Gasteiger partial charge in [-0.3, -0.25) is 19.9 Å². The van der Waals surface area contributed by atoms with Crippen LogP contribution in [0.5, 0.6) is 0 Å². The van der Waals surface area contributed by atoms with Gasteiger partial charge in [-0.15, -0.1) is 11.3 Å². The van der Waals surface area contributed by atoms with Gasteiger partial charge in [-0.2, -0.15) is 0 Å². The fourth-order valence-corrected chi connectivity index (χ4v) is 3.16. The van der Waals surface area contributed by atoms with E-state index in [0.29, 0.717) is 21.5 Å². The molecule has 0 bridgehead atoms. The number of benzene rings is 1. The first-order valence-corrected chi connectivity index (χ1v) is 8.68. The summed E-state index contributed by atoms with van der Waals surface area (Å²) in [4.78, 5) is 40.5. The Bertz CT molecular complexity index is 978. The van der Waals surface area contributed by atoms with Crippen molar-refractivity contribution in [2.75, 3.05) is 11.9 Å². The Kier molecular flexibility index (Phi) is 5.23. The van der Waals surface area contributed by atoms with Crippen molar-refractivity contribution in [2.24, 2.45) is 0 Å². The molecule has 1 aromatic carbocycles. The highest BCUT2D eigenvalue weighted by molar-refractivity contribution is 7.14. The van der Waals surface area contributed by atoms with Gasteiger partial charge in [-0.1, -0.05) is 12.1 Å². The zero-order valence-electron chi connectivity index (χ0n) is 13.8. The fourth-order valence-electron chi connectivity index (χ4n) is 2.38. The number of anilines is 1. The van der Waals surface area contributed by atoms with Crippen molar-refractivity contribution in [3.63, 3.8) is 0 Å². The van der Waals surface area contributed by atoms with Crippen LogP contribution in [0.15, 0.2) is 48.0 Å². The van der Waals surface area contributed by atoms with Crippen LogP contribution >= 0.6 is 11.3 Å². The van der Waals surface area contributed by atoms with E-state index in [4.69, 9.17) is 0 Å². The van der Waals surface area contributed by atoms with Gasteiger partial charge in [-0.05, 0) is 36.6 Å². The first-order valence-electron chi connectivity index (χ1n) is 7.81. The molecule has 0 aliphatic carbocycles. The molecule has 0 aliphatic heterocycles. The SMILES string of the molecule is CCOC(=O)NC(=O)c1ccsc1NC(=O)c1cccc2ncccc12. The summed E-state index contributed by atoms with van der Waals surface area (Å²) in [7, 11) is 0. The quantitative estimate of drug-likeness (QED) is 0.734. The normalized spacial score (nSPS) is 10.3. The van der Waals surface area contributed by atoms with Crippen molar-refractivity contribution in [3.8, 4) is 0 Å².